The first-order valence-electron chi connectivity index (χ1n) is 15.0. The molecule has 9 heteroatoms. The van der Waals surface area contributed by atoms with Crippen LogP contribution in [0.15, 0.2) is 53.5 Å². The Bertz CT molecular complexity index is 1430. The molecule has 3 aromatic rings. The predicted molar refractivity (Wildman–Crippen MR) is 187 cm³/mol. The fourth-order valence-electron chi connectivity index (χ4n) is 5.00. The Kier molecular flexibility index (Phi) is 12.8. The van der Waals surface area contributed by atoms with Crippen LogP contribution in [0.3, 0.4) is 0 Å². The highest BCUT2D eigenvalue weighted by molar-refractivity contribution is 8.93. The van der Waals surface area contributed by atoms with Crippen LogP contribution >= 0.6 is 28.6 Å². The fourth-order valence-corrected chi connectivity index (χ4v) is 5.19. The van der Waals surface area contributed by atoms with E-state index in [0.717, 1.165) is 73.8 Å². The van der Waals surface area contributed by atoms with Crippen LogP contribution in [-0.2, 0) is 13.1 Å². The quantitative estimate of drug-likeness (QED) is 0.182. The van der Waals surface area contributed by atoms with Gasteiger partial charge in [-0.05, 0) is 90.9 Å². The van der Waals surface area contributed by atoms with Crippen molar-refractivity contribution in [2.45, 2.75) is 54.6 Å². The van der Waals surface area contributed by atoms with Crippen LogP contribution in [0.1, 0.15) is 48.6 Å². The highest BCUT2D eigenvalue weighted by Crippen LogP contribution is 2.32. The molecule has 1 saturated heterocycles. The maximum atomic E-state index is 6.43. The van der Waals surface area contributed by atoms with Gasteiger partial charge in [-0.3, -0.25) is 4.90 Å². The average Bonchev–Trinajstić information content (AvgIpc) is 2.97. The Labute approximate surface area is 279 Å². The first-order valence-corrected chi connectivity index (χ1v) is 15.3. The average molecular weight is 688 g/mol. The lowest BCUT2D eigenvalue weighted by atomic mass is 9.97. The molecule has 0 amide bonds. The van der Waals surface area contributed by atoms with Crippen LogP contribution in [0.4, 0.5) is 0 Å². The minimum atomic E-state index is 0. The second-order valence-electron chi connectivity index (χ2n) is 12.6. The number of hydrogen-bond donors (Lipinski definition) is 1. The van der Waals surface area contributed by atoms with Crippen molar-refractivity contribution in [3.8, 4) is 23.0 Å². The number of nitrogens with one attached hydrogen (secondary N) is 1. The molecule has 1 aliphatic heterocycles. The van der Waals surface area contributed by atoms with Crippen molar-refractivity contribution in [2.75, 3.05) is 46.9 Å². The molecule has 44 heavy (non-hydrogen) atoms. The summed E-state index contributed by atoms with van der Waals surface area (Å²) in [5.41, 5.74) is 5.95. The molecule has 0 spiro atoms. The maximum absolute atomic E-state index is 6.43. The molecule has 0 radical (unpaired) electrons. The zero-order chi connectivity index (χ0) is 31.1. The molecule has 3 aromatic carbocycles. The molecule has 240 valence electrons. The normalized spacial score (nSPS) is 14.2. The number of halogens is 2. The maximum Gasteiger partial charge on any atom is 0.194 e. The number of nitrogens with zero attached hydrogens (tertiary/aromatic N) is 3. The van der Waals surface area contributed by atoms with E-state index in [-0.39, 0.29) is 22.4 Å². The van der Waals surface area contributed by atoms with Crippen LogP contribution < -0.4 is 19.5 Å². The summed E-state index contributed by atoms with van der Waals surface area (Å²) in [5.74, 6) is 4.02. The number of rotatable bonds is 9. The third-order valence-corrected chi connectivity index (χ3v) is 8.05. The molecule has 0 atom stereocenters. The Hall–Kier alpha value is -2.94. The van der Waals surface area contributed by atoms with Gasteiger partial charge in [-0.25, -0.2) is 4.99 Å². The molecule has 1 fully saturated rings. The van der Waals surface area contributed by atoms with Crippen molar-refractivity contribution in [2.24, 2.45) is 10.4 Å². The highest BCUT2D eigenvalue weighted by Gasteiger charge is 2.23. The number of aryl methyl sites for hydroxylation is 3. The fraction of sp³-hybridized carbons (Fsp3) is 0.457. The van der Waals surface area contributed by atoms with Gasteiger partial charge in [0.05, 0.1) is 20.8 Å². The molecular weight excluding hydrogens is 640 g/mol. The molecule has 4 rings (SSSR count). The van der Waals surface area contributed by atoms with E-state index in [2.05, 4.69) is 80.9 Å². The van der Waals surface area contributed by atoms with Crippen LogP contribution in [0.2, 0.25) is 5.02 Å². The van der Waals surface area contributed by atoms with Crippen molar-refractivity contribution in [3.63, 3.8) is 0 Å². The first kappa shape index (κ1) is 35.5. The number of guanidine groups is 1. The van der Waals surface area contributed by atoms with Crippen molar-refractivity contribution in [3.05, 3.63) is 81.4 Å². The summed E-state index contributed by atoms with van der Waals surface area (Å²) in [6.45, 7) is 18.8. The van der Waals surface area contributed by atoms with Gasteiger partial charge in [0.1, 0.15) is 11.5 Å². The van der Waals surface area contributed by atoms with E-state index in [1.807, 2.05) is 24.3 Å². The second kappa shape index (κ2) is 15.9. The topological polar surface area (TPSA) is 58.6 Å². The molecule has 1 heterocycles. The van der Waals surface area contributed by atoms with E-state index in [1.165, 1.54) is 22.3 Å². The Morgan fingerprint density at radius 3 is 2.14 bits per heavy atom. The van der Waals surface area contributed by atoms with E-state index in [9.17, 15) is 0 Å². The van der Waals surface area contributed by atoms with Gasteiger partial charge in [0.25, 0.3) is 0 Å². The zero-order valence-electron chi connectivity index (χ0n) is 27.4. The number of piperazine rings is 1. The number of hydrogen-bond acceptors (Lipinski definition) is 5. The van der Waals surface area contributed by atoms with Crippen LogP contribution in [0.5, 0.6) is 23.0 Å². The second-order valence-corrected chi connectivity index (χ2v) is 13.0. The lowest BCUT2D eigenvalue weighted by Gasteiger charge is -2.37. The Balaban J connectivity index is 0.00000529. The number of aliphatic imine (C=N–C) groups is 1. The Morgan fingerprint density at radius 2 is 1.50 bits per heavy atom. The van der Waals surface area contributed by atoms with Crippen LogP contribution in [0.25, 0.3) is 0 Å². The number of methoxy groups -OCH3 is 2. The largest absolute Gasteiger partial charge is 0.493 e. The van der Waals surface area contributed by atoms with Gasteiger partial charge >= 0.3 is 0 Å². The summed E-state index contributed by atoms with van der Waals surface area (Å²) in [6, 6.07) is 16.0. The van der Waals surface area contributed by atoms with E-state index >= 15 is 0 Å². The van der Waals surface area contributed by atoms with E-state index < -0.39 is 0 Å². The molecule has 0 aliphatic carbocycles. The molecule has 0 saturated carbocycles. The van der Waals surface area contributed by atoms with Crippen molar-refractivity contribution >= 4 is 34.5 Å². The molecule has 1 aliphatic rings. The summed E-state index contributed by atoms with van der Waals surface area (Å²) in [7, 11) is 3.36. The SMILES string of the molecule is Br.COc1cc(C)c(CN2CCN(C(=NCc3cc(Cl)ccc3Oc3ccc(C)c(C)c3)NCC(C)(C)C)CC2)cc1OC. The van der Waals surface area contributed by atoms with Gasteiger partial charge in [0.15, 0.2) is 17.5 Å². The van der Waals surface area contributed by atoms with Gasteiger partial charge in [0, 0.05) is 49.9 Å². The molecule has 7 nitrogen and oxygen atoms in total. The highest BCUT2D eigenvalue weighted by atomic mass is 79.9. The molecule has 0 bridgehead atoms. The number of ether oxygens (including phenoxy) is 3. The molecule has 0 unspecified atom stereocenters. The summed E-state index contributed by atoms with van der Waals surface area (Å²) >= 11 is 6.43. The van der Waals surface area contributed by atoms with Crippen molar-refractivity contribution in [1.82, 2.24) is 15.1 Å². The lowest BCUT2D eigenvalue weighted by Crippen LogP contribution is -2.53. The van der Waals surface area contributed by atoms with Crippen LogP contribution in [-0.4, -0.2) is 62.7 Å². The van der Waals surface area contributed by atoms with Gasteiger partial charge in [-0.15, -0.1) is 17.0 Å². The first-order chi connectivity index (χ1) is 20.5. The monoisotopic (exact) mass is 686 g/mol. The predicted octanol–water partition coefficient (Wildman–Crippen LogP) is 7.96. The minimum Gasteiger partial charge on any atom is -0.493 e. The smallest absolute Gasteiger partial charge is 0.194 e. The van der Waals surface area contributed by atoms with Gasteiger partial charge < -0.3 is 24.4 Å². The summed E-state index contributed by atoms with van der Waals surface area (Å²) in [4.78, 5) is 9.95. The lowest BCUT2D eigenvalue weighted by molar-refractivity contribution is 0.171. The summed E-state index contributed by atoms with van der Waals surface area (Å²) < 4.78 is 17.3. The van der Waals surface area contributed by atoms with Crippen molar-refractivity contribution in [1.29, 1.82) is 0 Å². The molecular formula is C35H48BrClN4O3. The third-order valence-electron chi connectivity index (χ3n) is 7.81. The van der Waals surface area contributed by atoms with Gasteiger partial charge in [0.2, 0.25) is 0 Å². The zero-order valence-corrected chi connectivity index (χ0v) is 29.9. The van der Waals surface area contributed by atoms with E-state index in [1.54, 1.807) is 14.2 Å². The van der Waals surface area contributed by atoms with Gasteiger partial charge in [-0.1, -0.05) is 38.4 Å². The minimum absolute atomic E-state index is 0. The van der Waals surface area contributed by atoms with E-state index in [4.69, 9.17) is 30.8 Å². The summed E-state index contributed by atoms with van der Waals surface area (Å²) in [6.07, 6.45) is 0. The van der Waals surface area contributed by atoms with Crippen molar-refractivity contribution < 1.29 is 14.2 Å². The molecule has 1 N–H and O–H groups in total. The standard InChI is InChI=1S/C35H47ClN4O3.BrH/c1-24-9-11-30(17-25(24)2)43-31-12-10-29(36)19-27(31)21-37-34(38-23-35(4,5)6)40-15-13-39(14-16-40)22-28-20-33(42-8)32(41-7)18-26(28)3;/h9-12,17-20H,13-16,21-23H2,1-8H3,(H,37,38);1H. The summed E-state index contributed by atoms with van der Waals surface area (Å²) in [5, 5.41) is 4.32. The third kappa shape index (κ3) is 9.78. The van der Waals surface area contributed by atoms with E-state index in [0.29, 0.717) is 11.6 Å². The number of benzene rings is 3. The van der Waals surface area contributed by atoms with Crippen LogP contribution in [0, 0.1) is 26.2 Å². The Morgan fingerprint density at radius 1 is 0.818 bits per heavy atom. The molecule has 0 aromatic heterocycles. The van der Waals surface area contributed by atoms with Gasteiger partial charge in [-0.2, -0.15) is 0 Å².